The number of nitrogens with one attached hydrogen (secondary N) is 1. The standard InChI is InChI=1S/C16H19N5O3S/c1-18-25(22,23)21-7-5-20(6-8-21)16-13(11-17)9-12-10-14(24-2)3-4-15(12)19-16/h3-4,9-10,18H,5-8H2,1-2H3. The van der Waals surface area contributed by atoms with Crippen LogP contribution in [0.2, 0.25) is 0 Å². The van der Waals surface area contributed by atoms with Crippen molar-refractivity contribution in [2.75, 3.05) is 45.2 Å². The number of nitriles is 1. The zero-order chi connectivity index (χ0) is 18.0. The van der Waals surface area contributed by atoms with Crippen molar-refractivity contribution in [1.29, 1.82) is 5.26 Å². The number of rotatable bonds is 4. The van der Waals surface area contributed by atoms with Crippen LogP contribution in [0.1, 0.15) is 5.56 Å². The molecule has 1 N–H and O–H groups in total. The summed E-state index contributed by atoms with van der Waals surface area (Å²) in [4.78, 5) is 6.57. The number of benzene rings is 1. The van der Waals surface area contributed by atoms with Crippen LogP contribution in [0.15, 0.2) is 24.3 Å². The van der Waals surface area contributed by atoms with E-state index in [1.54, 1.807) is 13.2 Å². The SMILES string of the molecule is CNS(=O)(=O)N1CCN(c2nc3ccc(OC)cc3cc2C#N)CC1. The Bertz CT molecular complexity index is 931. The minimum atomic E-state index is -3.43. The third kappa shape index (κ3) is 3.37. The minimum Gasteiger partial charge on any atom is -0.497 e. The van der Waals surface area contributed by atoms with Gasteiger partial charge in [-0.3, -0.25) is 0 Å². The lowest BCUT2D eigenvalue weighted by Gasteiger charge is -2.34. The van der Waals surface area contributed by atoms with Gasteiger partial charge in [0.15, 0.2) is 0 Å². The molecule has 3 rings (SSSR count). The molecule has 0 spiro atoms. The number of piperazine rings is 1. The topological polar surface area (TPSA) is 98.6 Å². The Labute approximate surface area is 146 Å². The average Bonchev–Trinajstić information content (AvgIpc) is 2.66. The lowest BCUT2D eigenvalue weighted by Crippen LogP contribution is -2.51. The summed E-state index contributed by atoms with van der Waals surface area (Å²) in [6.45, 7) is 1.64. The van der Waals surface area contributed by atoms with Crippen molar-refractivity contribution < 1.29 is 13.2 Å². The van der Waals surface area contributed by atoms with Gasteiger partial charge in [0.2, 0.25) is 0 Å². The zero-order valence-corrected chi connectivity index (χ0v) is 14.9. The highest BCUT2D eigenvalue weighted by atomic mass is 32.2. The number of pyridine rings is 1. The van der Waals surface area contributed by atoms with Gasteiger partial charge in [0.25, 0.3) is 10.2 Å². The maximum atomic E-state index is 11.9. The maximum Gasteiger partial charge on any atom is 0.279 e. The predicted octanol–water partition coefficient (Wildman–Crippen LogP) is 0.701. The fourth-order valence-corrected chi connectivity index (χ4v) is 3.77. The smallest absolute Gasteiger partial charge is 0.279 e. The molecule has 1 aromatic carbocycles. The number of aromatic nitrogens is 1. The average molecular weight is 361 g/mol. The molecular weight excluding hydrogens is 342 g/mol. The molecule has 0 atom stereocenters. The van der Waals surface area contributed by atoms with E-state index in [2.05, 4.69) is 15.8 Å². The van der Waals surface area contributed by atoms with E-state index < -0.39 is 10.2 Å². The van der Waals surface area contributed by atoms with Gasteiger partial charge < -0.3 is 9.64 Å². The van der Waals surface area contributed by atoms with Crippen LogP contribution in [-0.4, -0.2) is 58.0 Å². The molecule has 1 aromatic heterocycles. The number of ether oxygens (including phenoxy) is 1. The van der Waals surface area contributed by atoms with Crippen LogP contribution in [-0.2, 0) is 10.2 Å². The predicted molar refractivity (Wildman–Crippen MR) is 94.8 cm³/mol. The molecule has 0 unspecified atom stereocenters. The molecule has 2 aromatic rings. The van der Waals surface area contributed by atoms with E-state index in [0.29, 0.717) is 43.3 Å². The van der Waals surface area contributed by atoms with E-state index in [4.69, 9.17) is 4.74 Å². The van der Waals surface area contributed by atoms with Crippen LogP contribution in [0.3, 0.4) is 0 Å². The van der Waals surface area contributed by atoms with Gasteiger partial charge in [-0.15, -0.1) is 0 Å². The monoisotopic (exact) mass is 361 g/mol. The molecule has 0 saturated carbocycles. The lowest BCUT2D eigenvalue weighted by atomic mass is 10.1. The lowest BCUT2D eigenvalue weighted by molar-refractivity contribution is 0.379. The Kier molecular flexibility index (Phi) is 4.76. The van der Waals surface area contributed by atoms with E-state index in [1.165, 1.54) is 11.4 Å². The summed E-state index contributed by atoms with van der Waals surface area (Å²) in [5.41, 5.74) is 1.23. The normalized spacial score (nSPS) is 16.0. The highest BCUT2D eigenvalue weighted by molar-refractivity contribution is 7.87. The first kappa shape index (κ1) is 17.4. The summed E-state index contributed by atoms with van der Waals surface area (Å²) in [6, 6.07) is 9.48. The number of fused-ring (bicyclic) bond motifs is 1. The Morgan fingerprint density at radius 2 is 1.96 bits per heavy atom. The molecule has 9 heteroatoms. The van der Waals surface area contributed by atoms with Crippen LogP contribution < -0.4 is 14.4 Å². The zero-order valence-electron chi connectivity index (χ0n) is 14.1. The Hall–Kier alpha value is -2.41. The van der Waals surface area contributed by atoms with Gasteiger partial charge in [-0.25, -0.2) is 9.71 Å². The summed E-state index contributed by atoms with van der Waals surface area (Å²) in [6.07, 6.45) is 0. The molecule has 2 heterocycles. The van der Waals surface area contributed by atoms with Crippen molar-refractivity contribution in [3.8, 4) is 11.8 Å². The molecular formula is C16H19N5O3S. The summed E-state index contributed by atoms with van der Waals surface area (Å²) >= 11 is 0. The second-order valence-corrected chi connectivity index (χ2v) is 7.50. The van der Waals surface area contributed by atoms with Gasteiger partial charge in [-0.1, -0.05) is 0 Å². The molecule has 1 aliphatic heterocycles. The summed E-state index contributed by atoms with van der Waals surface area (Å²) in [7, 11) is -0.440. The van der Waals surface area contributed by atoms with E-state index >= 15 is 0 Å². The Morgan fingerprint density at radius 3 is 2.56 bits per heavy atom. The number of nitrogens with zero attached hydrogens (tertiary/aromatic N) is 4. The molecule has 1 aliphatic rings. The first-order valence-electron chi connectivity index (χ1n) is 7.81. The van der Waals surface area contributed by atoms with Crippen LogP contribution >= 0.6 is 0 Å². The van der Waals surface area contributed by atoms with E-state index in [1.807, 2.05) is 23.1 Å². The molecule has 1 saturated heterocycles. The molecule has 132 valence electrons. The van der Waals surface area contributed by atoms with Crippen molar-refractivity contribution in [3.05, 3.63) is 29.8 Å². The molecule has 1 fully saturated rings. The van der Waals surface area contributed by atoms with Gasteiger partial charge in [0.05, 0.1) is 18.2 Å². The summed E-state index contributed by atoms with van der Waals surface area (Å²) in [5, 5.41) is 10.3. The molecule has 0 radical (unpaired) electrons. The van der Waals surface area contributed by atoms with E-state index in [9.17, 15) is 13.7 Å². The first-order valence-corrected chi connectivity index (χ1v) is 9.25. The molecule has 8 nitrogen and oxygen atoms in total. The second kappa shape index (κ2) is 6.84. The third-order valence-corrected chi connectivity index (χ3v) is 5.82. The minimum absolute atomic E-state index is 0.344. The van der Waals surface area contributed by atoms with Crippen molar-refractivity contribution in [1.82, 2.24) is 14.0 Å². The van der Waals surface area contributed by atoms with Crippen molar-refractivity contribution in [2.24, 2.45) is 0 Å². The van der Waals surface area contributed by atoms with Gasteiger partial charge in [-0.2, -0.15) is 18.0 Å². The molecule has 25 heavy (non-hydrogen) atoms. The number of methoxy groups -OCH3 is 1. The van der Waals surface area contributed by atoms with E-state index in [-0.39, 0.29) is 0 Å². The van der Waals surface area contributed by atoms with E-state index in [0.717, 1.165) is 10.9 Å². The fourth-order valence-electron chi connectivity index (χ4n) is 2.86. The maximum absolute atomic E-state index is 11.9. The summed E-state index contributed by atoms with van der Waals surface area (Å²) in [5.74, 6) is 1.29. The van der Waals surface area contributed by atoms with Crippen molar-refractivity contribution >= 4 is 26.9 Å². The van der Waals surface area contributed by atoms with Crippen LogP contribution in [0.25, 0.3) is 10.9 Å². The quantitative estimate of drug-likeness (QED) is 0.861. The molecule has 0 amide bonds. The van der Waals surface area contributed by atoms with Gasteiger partial charge in [0.1, 0.15) is 17.6 Å². The number of hydrogen-bond acceptors (Lipinski definition) is 6. The van der Waals surface area contributed by atoms with Crippen LogP contribution in [0, 0.1) is 11.3 Å². The van der Waals surface area contributed by atoms with Crippen LogP contribution in [0.4, 0.5) is 5.82 Å². The fraction of sp³-hybridized carbons (Fsp3) is 0.375. The van der Waals surface area contributed by atoms with Crippen molar-refractivity contribution in [2.45, 2.75) is 0 Å². The first-order chi connectivity index (χ1) is 12.0. The third-order valence-electron chi connectivity index (χ3n) is 4.26. The molecule has 0 aliphatic carbocycles. The number of hydrogen-bond donors (Lipinski definition) is 1. The number of anilines is 1. The second-order valence-electron chi connectivity index (χ2n) is 5.63. The molecule has 0 bridgehead atoms. The Balaban J connectivity index is 1.90. The van der Waals surface area contributed by atoms with Crippen LogP contribution in [0.5, 0.6) is 5.75 Å². The largest absolute Gasteiger partial charge is 0.497 e. The summed E-state index contributed by atoms with van der Waals surface area (Å²) < 4.78 is 32.7. The van der Waals surface area contributed by atoms with Crippen molar-refractivity contribution in [3.63, 3.8) is 0 Å². The Morgan fingerprint density at radius 1 is 1.24 bits per heavy atom. The van der Waals surface area contributed by atoms with Gasteiger partial charge in [0, 0.05) is 38.6 Å². The highest BCUT2D eigenvalue weighted by Gasteiger charge is 2.27. The van der Waals surface area contributed by atoms with Gasteiger partial charge in [-0.05, 0) is 24.3 Å². The highest BCUT2D eigenvalue weighted by Crippen LogP contribution is 2.27. The van der Waals surface area contributed by atoms with Gasteiger partial charge >= 0.3 is 0 Å².